The fourth-order valence-electron chi connectivity index (χ4n) is 3.04. The molecule has 5 heteroatoms. The van der Waals surface area contributed by atoms with E-state index in [2.05, 4.69) is 17.4 Å². The topological polar surface area (TPSA) is 46.9 Å². The second kappa shape index (κ2) is 8.80. The molecular formula is C25H20ClN3O. The van der Waals surface area contributed by atoms with Crippen LogP contribution in [0.5, 0.6) is 0 Å². The smallest absolute Gasteiger partial charge is 0.248 e. The summed E-state index contributed by atoms with van der Waals surface area (Å²) in [5.41, 5.74) is 5.49. The minimum atomic E-state index is -0.223. The molecule has 3 aromatic carbocycles. The number of nitrogens with zero attached hydrogens (tertiary/aromatic N) is 2. The Kier molecular flexibility index (Phi) is 5.77. The molecule has 0 radical (unpaired) electrons. The predicted molar refractivity (Wildman–Crippen MR) is 123 cm³/mol. The number of halogens is 1. The van der Waals surface area contributed by atoms with Crippen molar-refractivity contribution in [3.05, 3.63) is 107 Å². The molecule has 1 amide bonds. The second-order valence-corrected chi connectivity index (χ2v) is 7.35. The number of hydrogen-bond acceptors (Lipinski definition) is 2. The number of benzene rings is 3. The van der Waals surface area contributed by atoms with E-state index in [0.29, 0.717) is 10.7 Å². The molecule has 0 unspecified atom stereocenters. The molecule has 0 saturated heterocycles. The first kappa shape index (κ1) is 19.7. The van der Waals surface area contributed by atoms with Crippen LogP contribution >= 0.6 is 11.6 Å². The number of amides is 1. The van der Waals surface area contributed by atoms with Crippen LogP contribution in [-0.2, 0) is 4.79 Å². The third-order valence-corrected chi connectivity index (χ3v) is 4.87. The van der Waals surface area contributed by atoms with Crippen molar-refractivity contribution in [3.63, 3.8) is 0 Å². The van der Waals surface area contributed by atoms with E-state index < -0.39 is 0 Å². The van der Waals surface area contributed by atoms with E-state index in [1.54, 1.807) is 30.3 Å². The first-order valence-electron chi connectivity index (χ1n) is 9.55. The van der Waals surface area contributed by atoms with Gasteiger partial charge < -0.3 is 5.32 Å². The van der Waals surface area contributed by atoms with E-state index in [9.17, 15) is 4.79 Å². The summed E-state index contributed by atoms with van der Waals surface area (Å²) in [7, 11) is 0. The van der Waals surface area contributed by atoms with Crippen LogP contribution in [-0.4, -0.2) is 15.7 Å². The molecule has 0 spiro atoms. The number of carbonyl (C=O) groups is 1. The van der Waals surface area contributed by atoms with Gasteiger partial charge in [-0.25, -0.2) is 4.68 Å². The number of aromatic nitrogens is 2. The van der Waals surface area contributed by atoms with Crippen molar-refractivity contribution >= 4 is 29.3 Å². The van der Waals surface area contributed by atoms with Gasteiger partial charge in [0.25, 0.3) is 0 Å². The summed E-state index contributed by atoms with van der Waals surface area (Å²) in [6.45, 7) is 2.05. The molecule has 1 N–H and O–H groups in total. The first-order chi connectivity index (χ1) is 14.6. The van der Waals surface area contributed by atoms with Crippen LogP contribution in [0.3, 0.4) is 0 Å². The highest BCUT2D eigenvalue weighted by Gasteiger charge is 2.11. The van der Waals surface area contributed by atoms with E-state index in [1.165, 1.54) is 11.6 Å². The molecule has 0 aliphatic rings. The van der Waals surface area contributed by atoms with Crippen LogP contribution in [0.25, 0.3) is 23.0 Å². The van der Waals surface area contributed by atoms with Crippen molar-refractivity contribution in [2.24, 2.45) is 0 Å². The molecule has 30 heavy (non-hydrogen) atoms. The van der Waals surface area contributed by atoms with Crippen molar-refractivity contribution in [1.29, 1.82) is 0 Å². The summed E-state index contributed by atoms with van der Waals surface area (Å²) in [6.07, 6.45) is 5.22. The zero-order valence-corrected chi connectivity index (χ0v) is 17.2. The minimum absolute atomic E-state index is 0.223. The van der Waals surface area contributed by atoms with E-state index >= 15 is 0 Å². The number of carbonyl (C=O) groups excluding carboxylic acids is 1. The molecule has 1 heterocycles. The number of aryl methyl sites for hydroxylation is 1. The number of rotatable bonds is 5. The van der Waals surface area contributed by atoms with Crippen molar-refractivity contribution in [2.75, 3.05) is 5.32 Å². The van der Waals surface area contributed by atoms with Crippen molar-refractivity contribution < 1.29 is 4.79 Å². The zero-order chi connectivity index (χ0) is 20.9. The average molecular weight is 414 g/mol. The Labute approximate surface area is 180 Å². The maximum Gasteiger partial charge on any atom is 0.248 e. The van der Waals surface area contributed by atoms with Crippen molar-refractivity contribution in [3.8, 4) is 16.9 Å². The summed E-state index contributed by atoms with van der Waals surface area (Å²) < 4.78 is 1.83. The fraction of sp³-hybridized carbons (Fsp3) is 0.0400. The van der Waals surface area contributed by atoms with Gasteiger partial charge in [-0.05, 0) is 49.4 Å². The van der Waals surface area contributed by atoms with E-state index in [0.717, 1.165) is 22.5 Å². The quantitative estimate of drug-likeness (QED) is 0.398. The summed E-state index contributed by atoms with van der Waals surface area (Å²) in [6, 6.07) is 25.1. The largest absolute Gasteiger partial charge is 0.323 e. The highest BCUT2D eigenvalue weighted by atomic mass is 35.5. The molecule has 4 nitrogen and oxygen atoms in total. The van der Waals surface area contributed by atoms with E-state index in [4.69, 9.17) is 16.7 Å². The Bertz CT molecular complexity index is 1180. The Morgan fingerprint density at radius 2 is 1.67 bits per heavy atom. The van der Waals surface area contributed by atoms with Crippen LogP contribution in [0.15, 0.2) is 91.1 Å². The van der Waals surface area contributed by atoms with E-state index in [1.807, 2.05) is 60.3 Å². The maximum absolute atomic E-state index is 12.4. The van der Waals surface area contributed by atoms with Crippen LogP contribution in [0.1, 0.15) is 11.1 Å². The average Bonchev–Trinajstić information content (AvgIpc) is 3.19. The normalized spacial score (nSPS) is 11.0. The SMILES string of the molecule is Cc1ccc(-c2nn(-c3ccccc3)cc2C=CC(=O)Nc2ccc(Cl)cc2)cc1. The lowest BCUT2D eigenvalue weighted by Gasteiger charge is -2.02. The lowest BCUT2D eigenvalue weighted by molar-refractivity contribution is -0.111. The zero-order valence-electron chi connectivity index (χ0n) is 16.4. The van der Waals surface area contributed by atoms with Gasteiger partial charge in [-0.1, -0.05) is 59.6 Å². The van der Waals surface area contributed by atoms with E-state index in [-0.39, 0.29) is 5.91 Å². The summed E-state index contributed by atoms with van der Waals surface area (Å²) >= 11 is 5.89. The van der Waals surface area contributed by atoms with Gasteiger partial charge in [0.15, 0.2) is 0 Å². The number of anilines is 1. The first-order valence-corrected chi connectivity index (χ1v) is 9.93. The highest BCUT2D eigenvalue weighted by molar-refractivity contribution is 6.30. The molecule has 0 aliphatic carbocycles. The van der Waals surface area contributed by atoms with Crippen molar-refractivity contribution in [1.82, 2.24) is 9.78 Å². The molecular weight excluding hydrogens is 394 g/mol. The van der Waals surface area contributed by atoms with Gasteiger partial charge >= 0.3 is 0 Å². The highest BCUT2D eigenvalue weighted by Crippen LogP contribution is 2.25. The van der Waals surface area contributed by atoms with Crippen molar-refractivity contribution in [2.45, 2.75) is 6.92 Å². The molecule has 0 fully saturated rings. The van der Waals surface area contributed by atoms with Gasteiger partial charge in [-0.15, -0.1) is 0 Å². The lowest BCUT2D eigenvalue weighted by Crippen LogP contribution is -2.07. The number of para-hydroxylation sites is 1. The fourth-order valence-corrected chi connectivity index (χ4v) is 3.17. The molecule has 148 valence electrons. The minimum Gasteiger partial charge on any atom is -0.323 e. The molecule has 0 aliphatic heterocycles. The third kappa shape index (κ3) is 4.67. The lowest BCUT2D eigenvalue weighted by atomic mass is 10.1. The molecule has 0 saturated carbocycles. The summed E-state index contributed by atoms with van der Waals surface area (Å²) in [5.74, 6) is -0.223. The van der Waals surface area contributed by atoms with Crippen LogP contribution in [0.2, 0.25) is 5.02 Å². The monoisotopic (exact) mass is 413 g/mol. The van der Waals surface area contributed by atoms with Gasteiger partial charge in [-0.3, -0.25) is 4.79 Å². The predicted octanol–water partition coefficient (Wildman–Crippen LogP) is 6.15. The van der Waals surface area contributed by atoms with Gasteiger partial charge in [0.05, 0.1) is 11.4 Å². The number of nitrogens with one attached hydrogen (secondary N) is 1. The molecule has 4 rings (SSSR count). The standard InChI is InChI=1S/C25H20ClN3O/c1-18-7-9-19(10-8-18)25-20(17-29(28-25)23-5-3-2-4-6-23)11-16-24(30)27-22-14-12-21(26)13-15-22/h2-17H,1H3,(H,27,30). The summed E-state index contributed by atoms with van der Waals surface area (Å²) in [5, 5.41) is 8.23. The summed E-state index contributed by atoms with van der Waals surface area (Å²) in [4.78, 5) is 12.4. The molecule has 0 bridgehead atoms. The van der Waals surface area contributed by atoms with Gasteiger partial charge in [0.1, 0.15) is 0 Å². The number of hydrogen-bond donors (Lipinski definition) is 1. The van der Waals surface area contributed by atoms with Crippen LogP contribution in [0.4, 0.5) is 5.69 Å². The van der Waals surface area contributed by atoms with Gasteiger partial charge in [-0.2, -0.15) is 5.10 Å². The Balaban J connectivity index is 1.64. The molecule has 1 aromatic heterocycles. The maximum atomic E-state index is 12.4. The van der Waals surface area contributed by atoms with Crippen LogP contribution < -0.4 is 5.32 Å². The Hall–Kier alpha value is -3.63. The molecule has 4 aromatic rings. The molecule has 0 atom stereocenters. The Morgan fingerprint density at radius 3 is 2.37 bits per heavy atom. The second-order valence-electron chi connectivity index (χ2n) is 6.91. The third-order valence-electron chi connectivity index (χ3n) is 4.61. The Morgan fingerprint density at radius 1 is 0.967 bits per heavy atom. The van der Waals surface area contributed by atoms with Gasteiger partial charge in [0, 0.05) is 34.1 Å². The van der Waals surface area contributed by atoms with Crippen LogP contribution in [0, 0.1) is 6.92 Å². The van der Waals surface area contributed by atoms with Gasteiger partial charge in [0.2, 0.25) is 5.91 Å².